The van der Waals surface area contributed by atoms with Crippen LogP contribution in [0.25, 0.3) is 0 Å². The highest BCUT2D eigenvalue weighted by Crippen LogP contribution is 2.33. The molecule has 0 aromatic heterocycles. The molecule has 1 aromatic rings. The van der Waals surface area contributed by atoms with E-state index < -0.39 is 5.97 Å². The highest BCUT2D eigenvalue weighted by molar-refractivity contribution is 6.01. The van der Waals surface area contributed by atoms with Crippen molar-refractivity contribution in [2.75, 3.05) is 19.5 Å². The zero-order chi connectivity index (χ0) is 15.3. The molecular weight excluding hydrogens is 262 g/mol. The van der Waals surface area contributed by atoms with Gasteiger partial charge in [-0.25, -0.2) is 0 Å². The summed E-state index contributed by atoms with van der Waals surface area (Å²) in [7, 11) is 2.82. The largest absolute Gasteiger partial charge is 0.545 e. The van der Waals surface area contributed by atoms with Gasteiger partial charge in [-0.1, -0.05) is 13.8 Å². The van der Waals surface area contributed by atoms with E-state index in [0.717, 1.165) is 0 Å². The third kappa shape index (κ3) is 3.40. The van der Waals surface area contributed by atoms with Gasteiger partial charge in [0, 0.05) is 17.5 Å². The molecule has 20 heavy (non-hydrogen) atoms. The molecule has 0 bridgehead atoms. The van der Waals surface area contributed by atoms with Crippen LogP contribution >= 0.6 is 0 Å². The summed E-state index contributed by atoms with van der Waals surface area (Å²) in [6.07, 6.45) is 0.653. The van der Waals surface area contributed by atoms with Crippen molar-refractivity contribution in [3.8, 4) is 11.5 Å². The first-order chi connectivity index (χ1) is 9.44. The molecule has 1 atom stereocenters. The van der Waals surface area contributed by atoms with Gasteiger partial charge < -0.3 is 24.7 Å². The average Bonchev–Trinajstić information content (AvgIpc) is 2.45. The Morgan fingerprint density at radius 1 is 1.25 bits per heavy atom. The van der Waals surface area contributed by atoms with Crippen molar-refractivity contribution >= 4 is 17.6 Å². The van der Waals surface area contributed by atoms with Gasteiger partial charge in [-0.2, -0.15) is 0 Å². The lowest BCUT2D eigenvalue weighted by molar-refractivity contribution is -0.254. The number of hydrogen-bond acceptors (Lipinski definition) is 5. The lowest BCUT2D eigenvalue weighted by atomic mass is 10.1. The van der Waals surface area contributed by atoms with Crippen molar-refractivity contribution in [1.29, 1.82) is 0 Å². The smallest absolute Gasteiger partial charge is 0.227 e. The van der Waals surface area contributed by atoms with Crippen LogP contribution in [0.2, 0.25) is 0 Å². The Hall–Kier alpha value is -2.24. The fourth-order valence-electron chi connectivity index (χ4n) is 1.59. The molecule has 0 radical (unpaired) electrons. The summed E-state index contributed by atoms with van der Waals surface area (Å²) in [5.41, 5.74) is -0.0211. The van der Waals surface area contributed by atoms with Crippen molar-refractivity contribution in [2.45, 2.75) is 20.3 Å². The molecule has 0 aliphatic carbocycles. The first-order valence-corrected chi connectivity index (χ1v) is 6.22. The summed E-state index contributed by atoms with van der Waals surface area (Å²) in [5, 5.41) is 13.7. The van der Waals surface area contributed by atoms with E-state index in [9.17, 15) is 14.7 Å². The molecule has 1 N–H and O–H groups in total. The molecule has 0 aliphatic heterocycles. The predicted molar refractivity (Wildman–Crippen MR) is 72.0 cm³/mol. The predicted octanol–water partition coefficient (Wildman–Crippen LogP) is 1.05. The average molecular weight is 280 g/mol. The highest BCUT2D eigenvalue weighted by Gasteiger charge is 2.16. The summed E-state index contributed by atoms with van der Waals surface area (Å²) in [5.74, 6) is -1.30. The summed E-state index contributed by atoms with van der Waals surface area (Å²) in [4.78, 5) is 23.0. The van der Waals surface area contributed by atoms with Crippen molar-refractivity contribution in [3.05, 3.63) is 17.7 Å². The standard InChI is InChI=1S/C14H19NO5/c1-5-8(2)13(16)15-10-7-12(20-4)11(19-3)6-9(10)14(17)18/h6-8H,5H2,1-4H3,(H,15,16)(H,17,18)/p-1/t8-/m1/s1. The van der Waals surface area contributed by atoms with E-state index in [0.29, 0.717) is 12.2 Å². The molecule has 1 rings (SSSR count). The van der Waals surface area contributed by atoms with Gasteiger partial charge in [0.1, 0.15) is 0 Å². The number of nitrogens with one attached hydrogen (secondary N) is 1. The van der Waals surface area contributed by atoms with Crippen LogP contribution in [0.15, 0.2) is 12.1 Å². The number of carboxylic acid groups (broad SMARTS) is 1. The number of methoxy groups -OCH3 is 2. The SMILES string of the molecule is CC[C@@H](C)C(=O)Nc1cc(OC)c(OC)cc1C(=O)[O-]. The molecule has 1 aromatic carbocycles. The van der Waals surface area contributed by atoms with Gasteiger partial charge in [0.15, 0.2) is 11.5 Å². The minimum atomic E-state index is -1.40. The van der Waals surface area contributed by atoms with Crippen LogP contribution < -0.4 is 19.9 Å². The normalized spacial score (nSPS) is 11.6. The molecule has 0 fully saturated rings. The van der Waals surface area contributed by atoms with Crippen molar-refractivity contribution in [2.24, 2.45) is 5.92 Å². The second kappa shape index (κ2) is 6.79. The molecular formula is C14H18NO5-. The third-order valence-electron chi connectivity index (χ3n) is 3.06. The molecule has 6 heteroatoms. The zero-order valence-electron chi connectivity index (χ0n) is 12.0. The Balaban J connectivity index is 3.22. The van der Waals surface area contributed by atoms with Crippen molar-refractivity contribution < 1.29 is 24.2 Å². The number of aromatic carboxylic acids is 1. The molecule has 0 saturated heterocycles. The van der Waals surface area contributed by atoms with E-state index in [1.807, 2.05) is 6.92 Å². The quantitative estimate of drug-likeness (QED) is 0.841. The number of carbonyl (C=O) groups excluding carboxylic acids is 2. The summed E-state index contributed by atoms with van der Waals surface area (Å²) in [6.45, 7) is 3.63. The summed E-state index contributed by atoms with van der Waals surface area (Å²) < 4.78 is 10.1. The maximum absolute atomic E-state index is 11.9. The number of amides is 1. The van der Waals surface area contributed by atoms with Crippen LogP contribution in [0.3, 0.4) is 0 Å². The fraction of sp³-hybridized carbons (Fsp3) is 0.429. The first kappa shape index (κ1) is 15.8. The van der Waals surface area contributed by atoms with Crippen molar-refractivity contribution in [1.82, 2.24) is 0 Å². The minimum Gasteiger partial charge on any atom is -0.545 e. The van der Waals surface area contributed by atoms with E-state index in [-0.39, 0.29) is 28.8 Å². The Morgan fingerprint density at radius 2 is 1.80 bits per heavy atom. The number of carbonyl (C=O) groups is 2. The van der Waals surface area contributed by atoms with Crippen LogP contribution in [-0.4, -0.2) is 26.1 Å². The summed E-state index contributed by atoms with van der Waals surface area (Å²) in [6, 6.07) is 2.67. The zero-order valence-corrected chi connectivity index (χ0v) is 12.0. The van der Waals surface area contributed by atoms with Crippen LogP contribution in [0.1, 0.15) is 30.6 Å². The molecule has 0 saturated carbocycles. The number of ether oxygens (including phenoxy) is 2. The lowest BCUT2D eigenvalue weighted by Crippen LogP contribution is -2.26. The molecule has 110 valence electrons. The number of anilines is 1. The van der Waals surface area contributed by atoms with Crippen LogP contribution in [0.5, 0.6) is 11.5 Å². The molecule has 6 nitrogen and oxygen atoms in total. The Kier molecular flexibility index (Phi) is 5.37. The van der Waals surface area contributed by atoms with E-state index >= 15 is 0 Å². The molecule has 0 unspecified atom stereocenters. The van der Waals surface area contributed by atoms with Gasteiger partial charge in [0.2, 0.25) is 5.91 Å². The van der Waals surface area contributed by atoms with Gasteiger partial charge in [-0.05, 0) is 12.5 Å². The van der Waals surface area contributed by atoms with Crippen LogP contribution in [0.4, 0.5) is 5.69 Å². The third-order valence-corrected chi connectivity index (χ3v) is 3.06. The number of benzene rings is 1. The second-order valence-corrected chi connectivity index (χ2v) is 4.34. The van der Waals surface area contributed by atoms with Gasteiger partial charge in [0.25, 0.3) is 0 Å². The number of hydrogen-bond donors (Lipinski definition) is 1. The van der Waals surface area contributed by atoms with Gasteiger partial charge in [-0.15, -0.1) is 0 Å². The number of carboxylic acids is 1. The highest BCUT2D eigenvalue weighted by atomic mass is 16.5. The lowest BCUT2D eigenvalue weighted by Gasteiger charge is -2.17. The van der Waals surface area contributed by atoms with E-state index in [4.69, 9.17) is 9.47 Å². The maximum Gasteiger partial charge on any atom is 0.227 e. The fourth-order valence-corrected chi connectivity index (χ4v) is 1.59. The molecule has 1 amide bonds. The van der Waals surface area contributed by atoms with Crippen LogP contribution in [-0.2, 0) is 4.79 Å². The minimum absolute atomic E-state index is 0.132. The monoisotopic (exact) mass is 280 g/mol. The molecule has 0 aliphatic rings. The van der Waals surface area contributed by atoms with E-state index in [2.05, 4.69) is 5.32 Å². The van der Waals surface area contributed by atoms with E-state index in [1.165, 1.54) is 26.4 Å². The van der Waals surface area contributed by atoms with Gasteiger partial charge >= 0.3 is 0 Å². The van der Waals surface area contributed by atoms with Gasteiger partial charge in [-0.3, -0.25) is 4.79 Å². The number of rotatable bonds is 6. The van der Waals surface area contributed by atoms with E-state index in [1.54, 1.807) is 6.92 Å². The maximum atomic E-state index is 11.9. The summed E-state index contributed by atoms with van der Waals surface area (Å²) >= 11 is 0. The van der Waals surface area contributed by atoms with Gasteiger partial charge in [0.05, 0.1) is 25.9 Å². The Labute approximate surface area is 117 Å². The first-order valence-electron chi connectivity index (χ1n) is 6.22. The molecule has 0 spiro atoms. The van der Waals surface area contributed by atoms with Crippen molar-refractivity contribution in [3.63, 3.8) is 0 Å². The topological polar surface area (TPSA) is 87.7 Å². The van der Waals surface area contributed by atoms with Crippen LogP contribution in [0, 0.1) is 5.92 Å². The Morgan fingerprint density at radius 3 is 2.25 bits per heavy atom. The second-order valence-electron chi connectivity index (χ2n) is 4.34. The molecule has 0 heterocycles. The Bertz CT molecular complexity index is 513.